The first kappa shape index (κ1) is 12.4. The molecule has 0 bridgehead atoms. The molecule has 2 rings (SSSR count). The molecule has 0 saturated heterocycles. The molecule has 0 aromatic heterocycles. The lowest BCUT2D eigenvalue weighted by molar-refractivity contribution is -0.139. The van der Waals surface area contributed by atoms with Crippen LogP contribution < -0.4 is 0 Å². The van der Waals surface area contributed by atoms with E-state index < -0.39 is 23.8 Å². The topological polar surface area (TPSA) is 58.9 Å². The lowest BCUT2D eigenvalue weighted by atomic mass is 10.1. The quantitative estimate of drug-likeness (QED) is 0.882. The van der Waals surface area contributed by atoms with E-state index in [1.54, 1.807) is 0 Å². The molecule has 4 nitrogen and oxygen atoms in total. The molecule has 96 valence electrons. The van der Waals surface area contributed by atoms with Crippen molar-refractivity contribution in [1.82, 2.24) is 0 Å². The van der Waals surface area contributed by atoms with Gasteiger partial charge >= 0.3 is 12.1 Å². The van der Waals surface area contributed by atoms with Crippen LogP contribution >= 0.6 is 0 Å². The molecule has 0 fully saturated rings. The fraction of sp³-hybridized carbons (Fsp3) is 0.273. The number of benzene rings is 1. The molecule has 1 unspecified atom stereocenters. The van der Waals surface area contributed by atoms with Crippen LogP contribution in [0, 0.1) is 0 Å². The van der Waals surface area contributed by atoms with Crippen LogP contribution in [0.1, 0.15) is 11.1 Å². The van der Waals surface area contributed by atoms with Crippen molar-refractivity contribution in [2.75, 3.05) is 6.61 Å². The van der Waals surface area contributed by atoms with Gasteiger partial charge in [0.15, 0.2) is 6.04 Å². The molecule has 18 heavy (non-hydrogen) atoms. The summed E-state index contributed by atoms with van der Waals surface area (Å²) in [4.78, 5) is 14.3. The highest BCUT2D eigenvalue weighted by Crippen LogP contribution is 2.30. The first-order chi connectivity index (χ1) is 8.38. The van der Waals surface area contributed by atoms with Crippen molar-refractivity contribution in [3.63, 3.8) is 0 Å². The van der Waals surface area contributed by atoms with Gasteiger partial charge in [-0.1, -0.05) is 6.07 Å². The number of halogens is 3. The Morgan fingerprint density at radius 2 is 2.17 bits per heavy atom. The summed E-state index contributed by atoms with van der Waals surface area (Å²) in [5.41, 5.74) is -0.710. The Labute approximate surface area is 99.7 Å². The van der Waals surface area contributed by atoms with E-state index in [1.807, 2.05) is 0 Å². The minimum Gasteiger partial charge on any atom is -0.480 e. The van der Waals surface area contributed by atoms with Gasteiger partial charge in [0.25, 0.3) is 0 Å². The summed E-state index contributed by atoms with van der Waals surface area (Å²) in [6.07, 6.45) is -4.46. The molecule has 7 heteroatoms. The maximum Gasteiger partial charge on any atom is 0.416 e. The predicted molar refractivity (Wildman–Crippen MR) is 55.4 cm³/mol. The summed E-state index contributed by atoms with van der Waals surface area (Å²) in [5.74, 6) is -1.24. The molecule has 1 N–H and O–H groups in total. The number of hydrogen-bond donors (Lipinski definition) is 1. The number of nitrogens with zero attached hydrogens (tertiary/aromatic N) is 1. The first-order valence-corrected chi connectivity index (χ1v) is 4.99. The third kappa shape index (κ3) is 2.44. The third-order valence-electron chi connectivity index (χ3n) is 2.37. The van der Waals surface area contributed by atoms with E-state index in [2.05, 4.69) is 4.99 Å². The molecule has 0 aliphatic carbocycles. The van der Waals surface area contributed by atoms with Crippen LogP contribution in [0.4, 0.5) is 13.2 Å². The molecular weight excluding hydrogens is 251 g/mol. The number of carboxylic acids is 1. The van der Waals surface area contributed by atoms with Crippen molar-refractivity contribution in [2.24, 2.45) is 4.99 Å². The summed E-state index contributed by atoms with van der Waals surface area (Å²) in [7, 11) is 0. The number of hydrogen-bond acceptors (Lipinski definition) is 3. The van der Waals surface area contributed by atoms with Gasteiger partial charge in [-0.05, 0) is 18.2 Å². The highest BCUT2D eigenvalue weighted by atomic mass is 19.4. The van der Waals surface area contributed by atoms with Crippen molar-refractivity contribution in [3.05, 3.63) is 35.4 Å². The van der Waals surface area contributed by atoms with Gasteiger partial charge in [-0.2, -0.15) is 13.2 Å². The number of carbonyl (C=O) groups is 1. The van der Waals surface area contributed by atoms with Crippen LogP contribution in [0.5, 0.6) is 0 Å². The Hall–Kier alpha value is -2.05. The Morgan fingerprint density at radius 1 is 1.44 bits per heavy atom. The summed E-state index contributed by atoms with van der Waals surface area (Å²) < 4.78 is 42.4. The zero-order chi connectivity index (χ0) is 13.3. The largest absolute Gasteiger partial charge is 0.480 e. The van der Waals surface area contributed by atoms with Crippen molar-refractivity contribution < 1.29 is 27.8 Å². The summed E-state index contributed by atoms with van der Waals surface area (Å²) >= 11 is 0. The van der Waals surface area contributed by atoms with E-state index in [4.69, 9.17) is 9.84 Å². The molecule has 0 radical (unpaired) electrons. The van der Waals surface area contributed by atoms with Gasteiger partial charge in [0.1, 0.15) is 6.61 Å². The van der Waals surface area contributed by atoms with Crippen molar-refractivity contribution in [1.29, 1.82) is 0 Å². The van der Waals surface area contributed by atoms with Crippen LogP contribution in [-0.4, -0.2) is 29.6 Å². The SMILES string of the molecule is O=C(O)C1COC(c2cccc(C(F)(F)F)c2)=N1. The first-order valence-electron chi connectivity index (χ1n) is 4.99. The zero-order valence-corrected chi connectivity index (χ0v) is 8.94. The van der Waals surface area contributed by atoms with Crippen LogP contribution in [-0.2, 0) is 15.7 Å². The Morgan fingerprint density at radius 3 is 2.72 bits per heavy atom. The average molecular weight is 259 g/mol. The van der Waals surface area contributed by atoms with E-state index >= 15 is 0 Å². The van der Waals surface area contributed by atoms with Crippen molar-refractivity contribution in [2.45, 2.75) is 12.2 Å². The van der Waals surface area contributed by atoms with Gasteiger partial charge in [0.05, 0.1) is 5.56 Å². The molecular formula is C11H8F3NO3. The van der Waals surface area contributed by atoms with E-state index in [0.717, 1.165) is 12.1 Å². The molecule has 0 spiro atoms. The molecule has 0 amide bonds. The number of aliphatic imine (C=N–C) groups is 1. The van der Waals surface area contributed by atoms with Crippen LogP contribution in [0.2, 0.25) is 0 Å². The summed E-state index contributed by atoms with van der Waals surface area (Å²) in [6, 6.07) is 3.35. The Bertz CT molecular complexity index is 511. The van der Waals surface area contributed by atoms with Crippen LogP contribution in [0.3, 0.4) is 0 Å². The average Bonchev–Trinajstić information content (AvgIpc) is 2.77. The second-order valence-electron chi connectivity index (χ2n) is 3.68. The highest BCUT2D eigenvalue weighted by molar-refractivity contribution is 5.97. The van der Waals surface area contributed by atoms with Gasteiger partial charge < -0.3 is 9.84 Å². The van der Waals surface area contributed by atoms with Gasteiger partial charge in [0, 0.05) is 5.56 Å². The lowest BCUT2D eigenvalue weighted by Gasteiger charge is -2.08. The molecule has 1 aromatic rings. The molecule has 1 heterocycles. The number of carboxylic acid groups (broad SMARTS) is 1. The number of alkyl halides is 3. The van der Waals surface area contributed by atoms with Gasteiger partial charge in [0.2, 0.25) is 5.90 Å². The third-order valence-corrected chi connectivity index (χ3v) is 2.37. The maximum absolute atomic E-state index is 12.5. The fourth-order valence-corrected chi connectivity index (χ4v) is 1.49. The van der Waals surface area contributed by atoms with Crippen LogP contribution in [0.15, 0.2) is 29.3 Å². The molecule has 1 aliphatic heterocycles. The predicted octanol–water partition coefficient (Wildman–Crippen LogP) is 1.94. The van der Waals surface area contributed by atoms with E-state index in [-0.39, 0.29) is 18.1 Å². The Kier molecular flexibility index (Phi) is 2.98. The number of ether oxygens (including phenoxy) is 1. The van der Waals surface area contributed by atoms with E-state index in [0.29, 0.717) is 0 Å². The van der Waals surface area contributed by atoms with E-state index in [1.165, 1.54) is 12.1 Å². The fourth-order valence-electron chi connectivity index (χ4n) is 1.49. The lowest BCUT2D eigenvalue weighted by Crippen LogP contribution is -2.18. The number of rotatable bonds is 2. The van der Waals surface area contributed by atoms with Gasteiger partial charge in [-0.25, -0.2) is 9.79 Å². The molecule has 0 saturated carbocycles. The van der Waals surface area contributed by atoms with Crippen LogP contribution in [0.25, 0.3) is 0 Å². The maximum atomic E-state index is 12.5. The summed E-state index contributed by atoms with van der Waals surface area (Å²) in [6.45, 7) is -0.166. The van der Waals surface area contributed by atoms with Crippen molar-refractivity contribution >= 4 is 11.9 Å². The van der Waals surface area contributed by atoms with E-state index in [9.17, 15) is 18.0 Å². The smallest absolute Gasteiger partial charge is 0.416 e. The standard InChI is InChI=1S/C11H8F3NO3/c12-11(13,14)7-3-1-2-6(4-7)9-15-8(5-18-9)10(16)17/h1-4,8H,5H2,(H,16,17). The second-order valence-corrected chi connectivity index (χ2v) is 3.68. The van der Waals surface area contributed by atoms with Gasteiger partial charge in [-0.3, -0.25) is 0 Å². The monoisotopic (exact) mass is 259 g/mol. The molecule has 1 aromatic carbocycles. The highest BCUT2D eigenvalue weighted by Gasteiger charge is 2.32. The minimum absolute atomic E-state index is 0.0755. The number of aliphatic carboxylic acids is 1. The molecule has 1 aliphatic rings. The van der Waals surface area contributed by atoms with Gasteiger partial charge in [-0.15, -0.1) is 0 Å². The van der Waals surface area contributed by atoms with Crippen molar-refractivity contribution in [3.8, 4) is 0 Å². The zero-order valence-electron chi connectivity index (χ0n) is 8.94. The summed E-state index contributed by atoms with van der Waals surface area (Å²) in [5, 5.41) is 8.69. The Balaban J connectivity index is 2.30. The normalized spacial score (nSPS) is 19.3. The second kappa shape index (κ2) is 4.32. The molecule has 1 atom stereocenters. The minimum atomic E-state index is -4.46.